The van der Waals surface area contributed by atoms with Crippen molar-refractivity contribution in [2.75, 3.05) is 6.54 Å². The highest BCUT2D eigenvalue weighted by atomic mass is 35.5. The van der Waals surface area contributed by atoms with Crippen LogP contribution in [-0.2, 0) is 4.79 Å². The Balaban J connectivity index is 1.62. The summed E-state index contributed by atoms with van der Waals surface area (Å²) in [6, 6.07) is 15.8. The molecular weight excluding hydrogens is 346 g/mol. The predicted octanol–water partition coefficient (Wildman–Crippen LogP) is 3.59. The molecule has 2 aromatic carbocycles. The lowest BCUT2D eigenvalue weighted by atomic mass is 10.1. The summed E-state index contributed by atoms with van der Waals surface area (Å²) in [6.07, 6.45) is -0.857. The van der Waals surface area contributed by atoms with E-state index in [-0.39, 0.29) is 12.1 Å². The maximum atomic E-state index is 12.0. The van der Waals surface area contributed by atoms with Crippen LogP contribution in [0.1, 0.15) is 21.3 Å². The molecule has 1 amide bonds. The van der Waals surface area contributed by atoms with Crippen molar-refractivity contribution in [2.45, 2.75) is 6.10 Å². The van der Waals surface area contributed by atoms with Crippen LogP contribution in [0.3, 0.4) is 0 Å². The minimum Gasteiger partial charge on any atom is -0.386 e. The normalized spacial score (nSPS) is 12.1. The Morgan fingerprint density at radius 2 is 1.83 bits per heavy atom. The summed E-state index contributed by atoms with van der Waals surface area (Å²) in [6.45, 7) is -0.0228. The van der Waals surface area contributed by atoms with Crippen molar-refractivity contribution in [1.82, 2.24) is 5.32 Å². The van der Waals surface area contributed by atoms with E-state index in [4.69, 9.17) is 11.6 Å². The first-order valence-electron chi connectivity index (χ1n) is 7.29. The van der Waals surface area contributed by atoms with Crippen LogP contribution in [-0.4, -0.2) is 23.3 Å². The second kappa shape index (κ2) is 7.13. The molecule has 122 valence electrons. The fraction of sp³-hybridized carbons (Fsp3) is 0.111. The molecule has 0 aliphatic carbocycles. The van der Waals surface area contributed by atoms with Gasteiger partial charge in [0.15, 0.2) is 0 Å². The van der Waals surface area contributed by atoms with Crippen LogP contribution in [0.2, 0.25) is 5.02 Å². The molecule has 3 aromatic rings. The smallest absolute Gasteiger partial charge is 0.292 e. The third kappa shape index (κ3) is 3.64. The van der Waals surface area contributed by atoms with Gasteiger partial charge in [0.05, 0.1) is 0 Å². The zero-order valence-corrected chi connectivity index (χ0v) is 14.1. The van der Waals surface area contributed by atoms with Crippen molar-refractivity contribution in [2.24, 2.45) is 0 Å². The number of hydrogen-bond donors (Lipinski definition) is 2. The minimum absolute atomic E-state index is 0.0228. The lowest BCUT2D eigenvalue weighted by molar-refractivity contribution is -0.117. The largest absolute Gasteiger partial charge is 0.386 e. The standard InChI is InChI=1S/C18H14ClNO3S/c19-13-7-5-11(6-8-13)17(22)18(23)20-10-14(21)16-9-12-3-1-2-4-15(12)24-16/h1-9,14,21H,10H2,(H,20,23)/t14-/m1/s1. The molecule has 0 saturated heterocycles. The highest BCUT2D eigenvalue weighted by Gasteiger charge is 2.18. The van der Waals surface area contributed by atoms with E-state index in [2.05, 4.69) is 5.32 Å². The monoisotopic (exact) mass is 359 g/mol. The lowest BCUT2D eigenvalue weighted by Gasteiger charge is -2.09. The number of hydrogen-bond acceptors (Lipinski definition) is 4. The van der Waals surface area contributed by atoms with Crippen molar-refractivity contribution in [3.05, 3.63) is 70.1 Å². The summed E-state index contributed by atoms with van der Waals surface area (Å²) < 4.78 is 1.06. The van der Waals surface area contributed by atoms with E-state index < -0.39 is 17.8 Å². The van der Waals surface area contributed by atoms with Crippen molar-refractivity contribution < 1.29 is 14.7 Å². The van der Waals surface area contributed by atoms with Crippen molar-refractivity contribution in [3.63, 3.8) is 0 Å². The van der Waals surface area contributed by atoms with Gasteiger partial charge in [-0.2, -0.15) is 0 Å². The van der Waals surface area contributed by atoms with Gasteiger partial charge in [-0.3, -0.25) is 9.59 Å². The number of fused-ring (bicyclic) bond motifs is 1. The third-order valence-corrected chi connectivity index (χ3v) is 5.01. The molecular formula is C18H14ClNO3S. The summed E-state index contributed by atoms with van der Waals surface area (Å²) in [5, 5.41) is 14.2. The maximum absolute atomic E-state index is 12.0. The Hall–Kier alpha value is -2.21. The molecule has 1 heterocycles. The fourth-order valence-corrected chi connectivity index (χ4v) is 3.45. The van der Waals surface area contributed by atoms with Gasteiger partial charge < -0.3 is 10.4 Å². The molecule has 4 nitrogen and oxygen atoms in total. The van der Waals surface area contributed by atoms with E-state index in [1.807, 2.05) is 30.3 Å². The van der Waals surface area contributed by atoms with Crippen LogP contribution >= 0.6 is 22.9 Å². The number of thiophene rings is 1. The Morgan fingerprint density at radius 3 is 2.54 bits per heavy atom. The minimum atomic E-state index is -0.857. The molecule has 0 radical (unpaired) electrons. The summed E-state index contributed by atoms with van der Waals surface area (Å²) in [5.41, 5.74) is 0.258. The summed E-state index contributed by atoms with van der Waals surface area (Å²) >= 11 is 7.22. The topological polar surface area (TPSA) is 66.4 Å². The number of carbonyl (C=O) groups is 2. The van der Waals surface area contributed by atoms with Gasteiger partial charge in [0.2, 0.25) is 5.78 Å². The molecule has 0 bridgehead atoms. The van der Waals surface area contributed by atoms with Crippen LogP contribution in [0.5, 0.6) is 0 Å². The van der Waals surface area contributed by atoms with Crippen molar-refractivity contribution >= 4 is 44.7 Å². The summed E-state index contributed by atoms with van der Waals surface area (Å²) in [5.74, 6) is -1.41. The number of benzene rings is 2. The molecule has 0 fully saturated rings. The maximum Gasteiger partial charge on any atom is 0.292 e. The molecule has 6 heteroatoms. The zero-order valence-electron chi connectivity index (χ0n) is 12.5. The number of aliphatic hydroxyl groups is 1. The number of nitrogens with one attached hydrogen (secondary N) is 1. The molecule has 3 rings (SSSR count). The van der Waals surface area contributed by atoms with E-state index in [0.29, 0.717) is 5.02 Å². The Morgan fingerprint density at radius 1 is 1.12 bits per heavy atom. The van der Waals surface area contributed by atoms with Gasteiger partial charge in [-0.15, -0.1) is 11.3 Å². The van der Waals surface area contributed by atoms with Crippen LogP contribution in [0.15, 0.2) is 54.6 Å². The van der Waals surface area contributed by atoms with Gasteiger partial charge in [-0.25, -0.2) is 0 Å². The number of aliphatic hydroxyl groups excluding tert-OH is 1. The van der Waals surface area contributed by atoms with Gasteiger partial charge in [0, 0.05) is 26.7 Å². The number of Topliss-reactive ketones (excluding diaryl/α,β-unsaturated/α-hetero) is 1. The Labute approximate surface area is 147 Å². The highest BCUT2D eigenvalue weighted by molar-refractivity contribution is 7.19. The fourth-order valence-electron chi connectivity index (χ4n) is 2.27. The summed E-state index contributed by atoms with van der Waals surface area (Å²) in [7, 11) is 0. The molecule has 0 aliphatic heterocycles. The molecule has 0 spiro atoms. The number of ketones is 1. The number of amides is 1. The molecule has 0 saturated carbocycles. The lowest BCUT2D eigenvalue weighted by Crippen LogP contribution is -2.34. The van der Waals surface area contributed by atoms with Crippen LogP contribution < -0.4 is 5.32 Å². The Bertz CT molecular complexity index is 856. The van der Waals surface area contributed by atoms with Gasteiger partial charge in [0.1, 0.15) is 6.10 Å². The van der Waals surface area contributed by atoms with Crippen LogP contribution in [0, 0.1) is 0 Å². The first-order valence-corrected chi connectivity index (χ1v) is 8.48. The van der Waals surface area contributed by atoms with Gasteiger partial charge in [0.25, 0.3) is 5.91 Å². The van der Waals surface area contributed by atoms with Crippen molar-refractivity contribution in [3.8, 4) is 0 Å². The molecule has 0 unspecified atom stereocenters. The average molecular weight is 360 g/mol. The van der Waals surface area contributed by atoms with Crippen LogP contribution in [0.4, 0.5) is 0 Å². The predicted molar refractivity (Wildman–Crippen MR) is 95.6 cm³/mol. The van der Waals surface area contributed by atoms with E-state index in [9.17, 15) is 14.7 Å². The zero-order chi connectivity index (χ0) is 17.1. The first-order chi connectivity index (χ1) is 11.5. The molecule has 1 atom stereocenters. The molecule has 0 aliphatic rings. The van der Waals surface area contributed by atoms with Crippen molar-refractivity contribution in [1.29, 1.82) is 0 Å². The first kappa shape index (κ1) is 16.6. The second-order valence-corrected chi connectivity index (χ2v) is 6.80. The summed E-state index contributed by atoms with van der Waals surface area (Å²) in [4.78, 5) is 24.7. The SMILES string of the molecule is O=C(NC[C@@H](O)c1cc2ccccc2s1)C(=O)c1ccc(Cl)cc1. The molecule has 1 aromatic heterocycles. The highest BCUT2D eigenvalue weighted by Crippen LogP contribution is 2.29. The Kier molecular flexibility index (Phi) is 4.94. The van der Waals surface area contributed by atoms with Crippen LogP contribution in [0.25, 0.3) is 10.1 Å². The van der Waals surface area contributed by atoms with E-state index >= 15 is 0 Å². The van der Waals surface area contributed by atoms with Gasteiger partial charge in [-0.05, 0) is 41.8 Å². The number of halogens is 1. The quantitative estimate of drug-likeness (QED) is 0.540. The molecule has 24 heavy (non-hydrogen) atoms. The number of carbonyl (C=O) groups excluding carboxylic acids is 2. The van der Waals surface area contributed by atoms with E-state index in [1.165, 1.54) is 23.5 Å². The average Bonchev–Trinajstić information content (AvgIpc) is 3.03. The second-order valence-electron chi connectivity index (χ2n) is 5.25. The van der Waals surface area contributed by atoms with E-state index in [1.54, 1.807) is 12.1 Å². The van der Waals surface area contributed by atoms with Gasteiger partial charge >= 0.3 is 0 Å². The third-order valence-electron chi connectivity index (χ3n) is 3.54. The van der Waals surface area contributed by atoms with Gasteiger partial charge in [-0.1, -0.05) is 29.8 Å². The molecule has 2 N–H and O–H groups in total. The number of rotatable bonds is 5. The van der Waals surface area contributed by atoms with E-state index in [0.717, 1.165) is 15.0 Å².